The van der Waals surface area contributed by atoms with Crippen molar-refractivity contribution in [3.8, 4) is 0 Å². The number of halogens is 1. The van der Waals surface area contributed by atoms with E-state index in [1.807, 2.05) is 49.4 Å². The first-order chi connectivity index (χ1) is 11.6. The Morgan fingerprint density at radius 1 is 1.12 bits per heavy atom. The predicted molar refractivity (Wildman–Crippen MR) is 103 cm³/mol. The highest BCUT2D eigenvalue weighted by molar-refractivity contribution is 8.00. The average Bonchev–Trinajstić information content (AvgIpc) is 3.11. The molecule has 5 heteroatoms. The third kappa shape index (κ3) is 4.25. The number of nitrogens with zero attached hydrogens (tertiary/aromatic N) is 1. The summed E-state index contributed by atoms with van der Waals surface area (Å²) >= 11 is 7.44. The van der Waals surface area contributed by atoms with Gasteiger partial charge in [-0.15, -0.1) is 11.8 Å². The molecule has 0 radical (unpaired) electrons. The monoisotopic (exact) mass is 360 g/mol. The molecule has 1 unspecified atom stereocenters. The lowest BCUT2D eigenvalue weighted by molar-refractivity contribution is -0.115. The number of carbonyl (C=O) groups is 1. The van der Waals surface area contributed by atoms with E-state index in [-0.39, 0.29) is 11.2 Å². The number of para-hydroxylation sites is 2. The summed E-state index contributed by atoms with van der Waals surface area (Å²) in [5.41, 5.74) is 2.01. The third-order valence-electron chi connectivity index (χ3n) is 4.10. The van der Waals surface area contributed by atoms with Crippen LogP contribution in [0.15, 0.2) is 53.4 Å². The molecule has 0 bridgehead atoms. The summed E-state index contributed by atoms with van der Waals surface area (Å²) in [6.07, 6.45) is 2.43. The minimum absolute atomic E-state index is 0.0154. The Balaban J connectivity index is 1.67. The molecule has 0 aliphatic carbocycles. The minimum atomic E-state index is -0.183. The summed E-state index contributed by atoms with van der Waals surface area (Å²) in [5, 5.41) is 3.61. The zero-order valence-corrected chi connectivity index (χ0v) is 15.2. The van der Waals surface area contributed by atoms with E-state index >= 15 is 0 Å². The molecule has 0 spiro atoms. The fourth-order valence-electron chi connectivity index (χ4n) is 2.82. The van der Waals surface area contributed by atoms with Crippen LogP contribution < -0.4 is 10.2 Å². The number of thioether (sulfide) groups is 1. The second kappa shape index (κ2) is 7.95. The zero-order chi connectivity index (χ0) is 16.9. The van der Waals surface area contributed by atoms with Crippen molar-refractivity contribution in [2.24, 2.45) is 0 Å². The standard InChI is InChI=1S/C19H21ClN2OS/c1-14(24-16-10-8-15(20)9-11-16)19(23)21-17-6-2-3-7-18(17)22-12-4-5-13-22/h2-3,6-11,14H,4-5,12-13H2,1H3,(H,21,23). The molecular formula is C19H21ClN2OS. The Kier molecular flexibility index (Phi) is 5.69. The van der Waals surface area contributed by atoms with E-state index in [4.69, 9.17) is 11.6 Å². The van der Waals surface area contributed by atoms with Crippen LogP contribution in [0.2, 0.25) is 5.02 Å². The van der Waals surface area contributed by atoms with Crippen LogP contribution in [0.1, 0.15) is 19.8 Å². The average molecular weight is 361 g/mol. The van der Waals surface area contributed by atoms with E-state index in [0.717, 1.165) is 29.4 Å². The van der Waals surface area contributed by atoms with Crippen LogP contribution in [0.25, 0.3) is 0 Å². The molecule has 0 aromatic heterocycles. The van der Waals surface area contributed by atoms with Crippen molar-refractivity contribution in [3.63, 3.8) is 0 Å². The molecule has 3 rings (SSSR count). The smallest absolute Gasteiger partial charge is 0.237 e. The minimum Gasteiger partial charge on any atom is -0.370 e. The maximum atomic E-state index is 12.6. The van der Waals surface area contributed by atoms with Crippen molar-refractivity contribution in [2.45, 2.75) is 29.9 Å². The SMILES string of the molecule is CC(Sc1ccc(Cl)cc1)C(=O)Nc1ccccc1N1CCCC1. The van der Waals surface area contributed by atoms with E-state index in [1.54, 1.807) is 0 Å². The van der Waals surface area contributed by atoms with Crippen LogP contribution in [-0.4, -0.2) is 24.2 Å². The molecule has 0 saturated carbocycles. The van der Waals surface area contributed by atoms with Crippen molar-refractivity contribution in [3.05, 3.63) is 53.6 Å². The van der Waals surface area contributed by atoms with Gasteiger partial charge in [0.05, 0.1) is 16.6 Å². The van der Waals surface area contributed by atoms with Gasteiger partial charge in [-0.1, -0.05) is 23.7 Å². The van der Waals surface area contributed by atoms with Gasteiger partial charge in [0.25, 0.3) is 0 Å². The molecular weight excluding hydrogens is 340 g/mol. The quantitative estimate of drug-likeness (QED) is 0.756. The van der Waals surface area contributed by atoms with Gasteiger partial charge in [-0.25, -0.2) is 0 Å². The molecule has 1 amide bonds. The Morgan fingerprint density at radius 2 is 1.79 bits per heavy atom. The number of carbonyl (C=O) groups excluding carboxylic acids is 1. The summed E-state index contributed by atoms with van der Waals surface area (Å²) in [4.78, 5) is 16.0. The maximum Gasteiger partial charge on any atom is 0.237 e. The van der Waals surface area contributed by atoms with E-state index in [2.05, 4.69) is 16.3 Å². The van der Waals surface area contributed by atoms with Gasteiger partial charge in [0.15, 0.2) is 0 Å². The Hall–Kier alpha value is -1.65. The summed E-state index contributed by atoms with van der Waals surface area (Å²) in [6, 6.07) is 15.6. The topological polar surface area (TPSA) is 32.3 Å². The van der Waals surface area contributed by atoms with Gasteiger partial charge in [-0.2, -0.15) is 0 Å². The number of benzene rings is 2. The van der Waals surface area contributed by atoms with Crippen LogP contribution in [0.3, 0.4) is 0 Å². The zero-order valence-electron chi connectivity index (χ0n) is 13.7. The number of amides is 1. The number of nitrogens with one attached hydrogen (secondary N) is 1. The molecule has 126 valence electrons. The largest absolute Gasteiger partial charge is 0.370 e. The molecule has 1 aliphatic heterocycles. The summed E-state index contributed by atoms with van der Waals surface area (Å²) < 4.78 is 0. The van der Waals surface area contributed by atoms with Gasteiger partial charge in [0.2, 0.25) is 5.91 Å². The predicted octanol–water partition coefficient (Wildman–Crippen LogP) is 5.06. The Labute approximate surface area is 152 Å². The molecule has 3 nitrogen and oxygen atoms in total. The maximum absolute atomic E-state index is 12.6. The van der Waals surface area contributed by atoms with E-state index < -0.39 is 0 Å². The number of hydrogen-bond donors (Lipinski definition) is 1. The lowest BCUT2D eigenvalue weighted by Crippen LogP contribution is -2.25. The Bertz CT molecular complexity index is 699. The molecule has 24 heavy (non-hydrogen) atoms. The lowest BCUT2D eigenvalue weighted by atomic mass is 10.2. The van der Waals surface area contributed by atoms with Gasteiger partial charge in [-0.05, 0) is 56.2 Å². The molecule has 1 saturated heterocycles. The molecule has 1 heterocycles. The first kappa shape index (κ1) is 17.2. The van der Waals surface area contributed by atoms with Gasteiger partial charge in [0.1, 0.15) is 0 Å². The van der Waals surface area contributed by atoms with Crippen molar-refractivity contribution in [2.75, 3.05) is 23.3 Å². The Morgan fingerprint density at radius 3 is 2.50 bits per heavy atom. The van der Waals surface area contributed by atoms with E-state index in [1.165, 1.54) is 24.6 Å². The van der Waals surface area contributed by atoms with Crippen LogP contribution in [0, 0.1) is 0 Å². The highest BCUT2D eigenvalue weighted by Gasteiger charge is 2.19. The first-order valence-electron chi connectivity index (χ1n) is 8.20. The van der Waals surface area contributed by atoms with Crippen LogP contribution in [0.5, 0.6) is 0 Å². The highest BCUT2D eigenvalue weighted by atomic mass is 35.5. The second-order valence-corrected chi connectivity index (χ2v) is 7.77. The van der Waals surface area contributed by atoms with Gasteiger partial charge < -0.3 is 10.2 Å². The first-order valence-corrected chi connectivity index (χ1v) is 9.46. The van der Waals surface area contributed by atoms with Crippen LogP contribution in [-0.2, 0) is 4.79 Å². The highest BCUT2D eigenvalue weighted by Crippen LogP contribution is 2.30. The second-order valence-electron chi connectivity index (χ2n) is 5.91. The molecule has 1 aliphatic rings. The summed E-state index contributed by atoms with van der Waals surface area (Å²) in [7, 11) is 0. The van der Waals surface area contributed by atoms with Crippen LogP contribution in [0.4, 0.5) is 11.4 Å². The van der Waals surface area contributed by atoms with E-state index in [0.29, 0.717) is 5.02 Å². The van der Waals surface area contributed by atoms with Crippen molar-refractivity contribution >= 4 is 40.6 Å². The van der Waals surface area contributed by atoms with Gasteiger partial charge >= 0.3 is 0 Å². The fourth-order valence-corrected chi connectivity index (χ4v) is 3.81. The summed E-state index contributed by atoms with van der Waals surface area (Å²) in [6.45, 7) is 4.04. The van der Waals surface area contributed by atoms with Crippen molar-refractivity contribution in [1.29, 1.82) is 0 Å². The van der Waals surface area contributed by atoms with Crippen LogP contribution >= 0.6 is 23.4 Å². The molecule has 1 N–H and O–H groups in total. The fraction of sp³-hybridized carbons (Fsp3) is 0.316. The normalized spacial score (nSPS) is 15.3. The third-order valence-corrected chi connectivity index (χ3v) is 5.47. The number of hydrogen-bond acceptors (Lipinski definition) is 3. The molecule has 2 aromatic rings. The molecule has 1 atom stereocenters. The number of anilines is 2. The van der Waals surface area contributed by atoms with Crippen molar-refractivity contribution in [1.82, 2.24) is 0 Å². The van der Waals surface area contributed by atoms with Crippen molar-refractivity contribution < 1.29 is 4.79 Å². The summed E-state index contributed by atoms with van der Waals surface area (Å²) in [5.74, 6) is 0.0154. The van der Waals surface area contributed by atoms with Gasteiger partial charge in [0, 0.05) is 23.0 Å². The molecule has 2 aromatic carbocycles. The lowest BCUT2D eigenvalue weighted by Gasteiger charge is -2.22. The van der Waals surface area contributed by atoms with Gasteiger partial charge in [-0.3, -0.25) is 4.79 Å². The van der Waals surface area contributed by atoms with E-state index in [9.17, 15) is 4.79 Å². The molecule has 1 fully saturated rings. The number of rotatable bonds is 5.